The van der Waals surface area contributed by atoms with Crippen molar-refractivity contribution in [2.75, 3.05) is 13.2 Å². The predicted octanol–water partition coefficient (Wildman–Crippen LogP) is -0.152. The Bertz CT molecular complexity index is 371. The molecule has 5 nitrogen and oxygen atoms in total. The fourth-order valence-electron chi connectivity index (χ4n) is 1.90. The van der Waals surface area contributed by atoms with Gasteiger partial charge in [0.2, 0.25) is 0 Å². The van der Waals surface area contributed by atoms with Crippen molar-refractivity contribution in [1.82, 2.24) is 5.32 Å². The highest BCUT2D eigenvalue weighted by molar-refractivity contribution is 7.10. The summed E-state index contributed by atoms with van der Waals surface area (Å²) in [7, 11) is 0. The van der Waals surface area contributed by atoms with E-state index in [9.17, 15) is 0 Å². The summed E-state index contributed by atoms with van der Waals surface area (Å²) in [6, 6.07) is 0. The van der Waals surface area contributed by atoms with Crippen molar-refractivity contribution in [2.45, 2.75) is 25.5 Å². The summed E-state index contributed by atoms with van der Waals surface area (Å²) in [6.45, 7) is 2.78. The zero-order chi connectivity index (χ0) is 11.8. The van der Waals surface area contributed by atoms with Crippen LogP contribution in [-0.4, -0.2) is 34.6 Å². The Morgan fingerprint density at radius 1 is 1.56 bits per heavy atom. The SMILES string of the molecule is Cc1csc2c1C(CNC(O)(O)O)OCC2. The zero-order valence-corrected chi connectivity index (χ0v) is 9.75. The molecular weight excluding hydrogens is 230 g/mol. The van der Waals surface area contributed by atoms with E-state index in [2.05, 4.69) is 10.7 Å². The van der Waals surface area contributed by atoms with Crippen LogP contribution in [0, 0.1) is 6.92 Å². The van der Waals surface area contributed by atoms with Crippen LogP contribution < -0.4 is 5.32 Å². The first-order chi connectivity index (χ1) is 7.47. The molecule has 1 aromatic rings. The second kappa shape index (κ2) is 4.40. The van der Waals surface area contributed by atoms with E-state index in [0.717, 1.165) is 17.5 Å². The number of hydrogen-bond acceptors (Lipinski definition) is 6. The molecule has 0 aliphatic carbocycles. The van der Waals surface area contributed by atoms with E-state index in [-0.39, 0.29) is 12.6 Å². The van der Waals surface area contributed by atoms with Gasteiger partial charge < -0.3 is 20.1 Å². The molecule has 1 aromatic heterocycles. The first kappa shape index (κ1) is 12.0. The minimum absolute atomic E-state index is 0.161. The molecule has 6 heteroatoms. The molecule has 0 spiro atoms. The van der Waals surface area contributed by atoms with Gasteiger partial charge in [-0.25, -0.2) is 5.32 Å². The van der Waals surface area contributed by atoms with Gasteiger partial charge in [-0.05, 0) is 23.4 Å². The standard InChI is InChI=1S/C10H15NO4S/c1-6-5-16-8-2-3-15-7(9(6)8)4-11-10(12,13)14/h5,7,11-14H,2-4H2,1H3. The molecule has 0 amide bonds. The van der Waals surface area contributed by atoms with Gasteiger partial charge >= 0.3 is 6.10 Å². The van der Waals surface area contributed by atoms with Crippen LogP contribution in [0.4, 0.5) is 0 Å². The second-order valence-corrected chi connectivity index (χ2v) is 4.85. The molecule has 1 unspecified atom stereocenters. The van der Waals surface area contributed by atoms with Crippen LogP contribution in [0.15, 0.2) is 5.38 Å². The number of fused-ring (bicyclic) bond motifs is 1. The summed E-state index contributed by atoms with van der Waals surface area (Å²) < 4.78 is 5.55. The molecule has 0 fully saturated rings. The fraction of sp³-hybridized carbons (Fsp3) is 0.600. The summed E-state index contributed by atoms with van der Waals surface area (Å²) in [4.78, 5) is 1.27. The van der Waals surface area contributed by atoms with Crippen molar-refractivity contribution in [3.8, 4) is 0 Å². The molecule has 0 aromatic carbocycles. The van der Waals surface area contributed by atoms with Crippen molar-refractivity contribution in [3.05, 3.63) is 21.4 Å². The molecule has 1 aliphatic heterocycles. The van der Waals surface area contributed by atoms with E-state index in [0.29, 0.717) is 6.61 Å². The monoisotopic (exact) mass is 245 g/mol. The zero-order valence-electron chi connectivity index (χ0n) is 8.93. The molecule has 16 heavy (non-hydrogen) atoms. The van der Waals surface area contributed by atoms with E-state index in [1.54, 1.807) is 11.3 Å². The predicted molar refractivity (Wildman–Crippen MR) is 58.8 cm³/mol. The molecule has 2 heterocycles. The number of thiophene rings is 1. The Morgan fingerprint density at radius 3 is 3.00 bits per heavy atom. The maximum atomic E-state index is 8.76. The van der Waals surface area contributed by atoms with Crippen LogP contribution in [0.2, 0.25) is 0 Å². The van der Waals surface area contributed by atoms with Gasteiger partial charge in [-0.3, -0.25) is 0 Å². The van der Waals surface area contributed by atoms with Crippen molar-refractivity contribution < 1.29 is 20.1 Å². The fourth-order valence-corrected chi connectivity index (χ4v) is 2.97. The normalized spacial score (nSPS) is 20.9. The summed E-state index contributed by atoms with van der Waals surface area (Å²) in [5.74, 6) is 0. The molecule has 4 N–H and O–H groups in total. The van der Waals surface area contributed by atoms with Gasteiger partial charge in [0.25, 0.3) is 0 Å². The highest BCUT2D eigenvalue weighted by Gasteiger charge is 2.27. The quantitative estimate of drug-likeness (QED) is 0.557. The topological polar surface area (TPSA) is 82.0 Å². The third-order valence-electron chi connectivity index (χ3n) is 2.60. The first-order valence-corrected chi connectivity index (χ1v) is 5.96. The van der Waals surface area contributed by atoms with Gasteiger partial charge in [-0.15, -0.1) is 11.3 Å². The Labute approximate surface area is 97.3 Å². The minimum Gasteiger partial charge on any atom is -0.372 e. The Kier molecular flexibility index (Phi) is 3.29. The van der Waals surface area contributed by atoms with Crippen LogP contribution in [0.25, 0.3) is 0 Å². The highest BCUT2D eigenvalue weighted by atomic mass is 32.1. The smallest absolute Gasteiger partial charge is 0.343 e. The average Bonchev–Trinajstić information content (AvgIpc) is 2.57. The molecule has 0 saturated carbocycles. The number of ether oxygens (including phenoxy) is 1. The van der Waals surface area contributed by atoms with Crippen LogP contribution >= 0.6 is 11.3 Å². The lowest BCUT2D eigenvalue weighted by Gasteiger charge is -2.26. The van der Waals surface area contributed by atoms with Gasteiger partial charge in [0.1, 0.15) is 0 Å². The van der Waals surface area contributed by atoms with E-state index < -0.39 is 6.10 Å². The number of hydrogen-bond donors (Lipinski definition) is 4. The summed E-state index contributed by atoms with van der Waals surface area (Å²) in [6.07, 6.45) is -2.18. The number of aryl methyl sites for hydroxylation is 1. The molecule has 0 saturated heterocycles. The van der Waals surface area contributed by atoms with Crippen LogP contribution in [0.3, 0.4) is 0 Å². The van der Waals surface area contributed by atoms with Crippen LogP contribution in [0.5, 0.6) is 0 Å². The number of rotatable bonds is 3. The van der Waals surface area contributed by atoms with Gasteiger partial charge in [0.05, 0.1) is 12.7 Å². The average molecular weight is 245 g/mol. The lowest BCUT2D eigenvalue weighted by molar-refractivity contribution is -0.333. The van der Waals surface area contributed by atoms with Gasteiger partial charge in [0, 0.05) is 17.8 Å². The van der Waals surface area contributed by atoms with Crippen LogP contribution in [-0.2, 0) is 11.2 Å². The van der Waals surface area contributed by atoms with Gasteiger partial charge in [0.15, 0.2) is 0 Å². The summed E-state index contributed by atoms with van der Waals surface area (Å²) in [5.41, 5.74) is 2.25. The maximum Gasteiger partial charge on any atom is 0.343 e. The largest absolute Gasteiger partial charge is 0.372 e. The number of nitrogens with one attached hydrogen (secondary N) is 1. The van der Waals surface area contributed by atoms with E-state index >= 15 is 0 Å². The molecule has 1 atom stereocenters. The minimum atomic E-state index is -2.84. The molecule has 0 radical (unpaired) electrons. The third kappa shape index (κ3) is 2.60. The molecule has 0 bridgehead atoms. The van der Waals surface area contributed by atoms with Crippen molar-refractivity contribution >= 4 is 11.3 Å². The molecule has 2 rings (SSSR count). The van der Waals surface area contributed by atoms with Crippen molar-refractivity contribution in [3.63, 3.8) is 0 Å². The number of aliphatic hydroxyl groups is 3. The second-order valence-electron chi connectivity index (χ2n) is 3.88. The first-order valence-electron chi connectivity index (χ1n) is 5.08. The van der Waals surface area contributed by atoms with E-state index in [4.69, 9.17) is 20.1 Å². The molecule has 1 aliphatic rings. The van der Waals surface area contributed by atoms with E-state index in [1.807, 2.05) is 6.92 Å². The third-order valence-corrected chi connectivity index (χ3v) is 3.78. The summed E-state index contributed by atoms with van der Waals surface area (Å²) >= 11 is 1.69. The lowest BCUT2D eigenvalue weighted by atomic mass is 10.0. The Balaban J connectivity index is 2.10. The molecule has 90 valence electrons. The maximum absolute atomic E-state index is 8.76. The van der Waals surface area contributed by atoms with Gasteiger partial charge in [-0.2, -0.15) is 0 Å². The lowest BCUT2D eigenvalue weighted by Crippen LogP contribution is -2.47. The van der Waals surface area contributed by atoms with Crippen LogP contribution in [0.1, 0.15) is 22.1 Å². The molecular formula is C10H15NO4S. The summed E-state index contributed by atoms with van der Waals surface area (Å²) in [5, 5.41) is 30.6. The van der Waals surface area contributed by atoms with E-state index in [1.165, 1.54) is 4.88 Å². The Hall–Kier alpha value is -0.500. The van der Waals surface area contributed by atoms with Crippen molar-refractivity contribution in [2.24, 2.45) is 0 Å². The highest BCUT2D eigenvalue weighted by Crippen LogP contribution is 2.34. The Morgan fingerprint density at radius 2 is 2.31 bits per heavy atom. The van der Waals surface area contributed by atoms with Gasteiger partial charge in [-0.1, -0.05) is 0 Å². The van der Waals surface area contributed by atoms with Crippen molar-refractivity contribution in [1.29, 1.82) is 0 Å².